The smallest absolute Gasteiger partial charge is 0.322 e. The van der Waals surface area contributed by atoms with Crippen molar-refractivity contribution in [1.29, 1.82) is 0 Å². The predicted molar refractivity (Wildman–Crippen MR) is 74.5 cm³/mol. The van der Waals surface area contributed by atoms with Gasteiger partial charge in [0.05, 0.1) is 0 Å². The second-order valence-electron chi connectivity index (χ2n) is 4.19. The molecule has 0 aliphatic rings. The minimum absolute atomic E-state index is 0.318. The minimum Gasteiger partial charge on any atom is -0.499 e. The van der Waals surface area contributed by atoms with Gasteiger partial charge in [0.1, 0.15) is 12.1 Å². The van der Waals surface area contributed by atoms with Crippen molar-refractivity contribution >= 4 is 33.3 Å². The summed E-state index contributed by atoms with van der Waals surface area (Å²) in [4.78, 5) is 34.4. The normalized spacial score (nSPS) is 10.4. The third-order valence-electron chi connectivity index (χ3n) is 2.66. The van der Waals surface area contributed by atoms with Crippen LogP contribution in [0.2, 0.25) is 0 Å². The van der Waals surface area contributed by atoms with Crippen molar-refractivity contribution in [1.82, 2.24) is 5.32 Å². The number of carboxylic acids is 1. The number of carbonyl (C=O) groups excluding carboxylic acids is 1. The van der Waals surface area contributed by atoms with Crippen molar-refractivity contribution in [3.8, 4) is 5.06 Å². The van der Waals surface area contributed by atoms with Crippen LogP contribution in [0.15, 0.2) is 23.0 Å². The van der Waals surface area contributed by atoms with Gasteiger partial charge in [0.15, 0.2) is 5.06 Å². The number of aliphatic carboxylic acids is 1. The van der Waals surface area contributed by atoms with Gasteiger partial charge in [-0.05, 0) is 24.6 Å². The van der Waals surface area contributed by atoms with Gasteiger partial charge >= 0.3 is 5.97 Å². The molecule has 0 atom stereocenters. The number of nitrogens with one attached hydrogen (secondary N) is 1. The fourth-order valence-electron chi connectivity index (χ4n) is 1.73. The first-order chi connectivity index (χ1) is 9.40. The zero-order valence-electron chi connectivity index (χ0n) is 10.5. The van der Waals surface area contributed by atoms with Gasteiger partial charge in [0.25, 0.3) is 5.91 Å². The summed E-state index contributed by atoms with van der Waals surface area (Å²) in [6.45, 7) is 1.23. The number of hydrogen-bond acceptors (Lipinski definition) is 5. The highest BCUT2D eigenvalue weighted by molar-refractivity contribution is 7.20. The Balaban J connectivity index is 2.54. The first kappa shape index (κ1) is 14.0. The molecule has 0 aliphatic carbocycles. The van der Waals surface area contributed by atoms with Gasteiger partial charge in [-0.2, -0.15) is 0 Å². The molecule has 6 nitrogen and oxygen atoms in total. The third-order valence-corrected chi connectivity index (χ3v) is 3.61. The maximum Gasteiger partial charge on any atom is 0.322 e. The molecule has 2 rings (SSSR count). The number of carbonyl (C=O) groups is 2. The van der Waals surface area contributed by atoms with E-state index in [1.54, 1.807) is 18.2 Å². The highest BCUT2D eigenvalue weighted by Crippen LogP contribution is 2.28. The Bertz CT molecular complexity index is 765. The number of aromatic hydroxyl groups is 1. The third kappa shape index (κ3) is 2.62. The molecule has 104 valence electrons. The molecule has 1 heterocycles. The van der Waals surface area contributed by atoms with Crippen molar-refractivity contribution in [3.63, 3.8) is 0 Å². The Morgan fingerprint density at radius 1 is 1.35 bits per heavy atom. The molecule has 0 saturated heterocycles. The van der Waals surface area contributed by atoms with E-state index < -0.39 is 34.5 Å². The minimum atomic E-state index is -1.23. The number of carboxylic acid groups (broad SMARTS) is 1. The summed E-state index contributed by atoms with van der Waals surface area (Å²) in [6.07, 6.45) is 0. The highest BCUT2D eigenvalue weighted by Gasteiger charge is 2.19. The van der Waals surface area contributed by atoms with E-state index in [1.165, 1.54) is 0 Å². The molecular formula is C13H11NO5S. The lowest BCUT2D eigenvalue weighted by Gasteiger charge is -2.06. The number of aryl methyl sites for hydroxylation is 1. The Hall–Kier alpha value is -2.41. The second kappa shape index (κ2) is 5.30. The molecule has 0 spiro atoms. The molecule has 2 aromatic rings. The fourth-order valence-corrected chi connectivity index (χ4v) is 2.74. The average Bonchev–Trinajstić information content (AvgIpc) is 2.35. The molecule has 0 unspecified atom stereocenters. The van der Waals surface area contributed by atoms with Gasteiger partial charge in [-0.25, -0.2) is 0 Å². The molecule has 7 heteroatoms. The van der Waals surface area contributed by atoms with E-state index in [0.29, 0.717) is 10.1 Å². The van der Waals surface area contributed by atoms with E-state index in [1.807, 2.05) is 6.92 Å². The first-order valence-electron chi connectivity index (χ1n) is 5.66. The topological polar surface area (TPSA) is 104 Å². The lowest BCUT2D eigenvalue weighted by molar-refractivity contribution is -0.135. The van der Waals surface area contributed by atoms with Gasteiger partial charge in [-0.1, -0.05) is 17.4 Å². The fraction of sp³-hybridized carbons (Fsp3) is 0.154. The van der Waals surface area contributed by atoms with Crippen molar-refractivity contribution in [2.45, 2.75) is 6.92 Å². The van der Waals surface area contributed by atoms with Crippen LogP contribution in [-0.4, -0.2) is 28.6 Å². The van der Waals surface area contributed by atoms with Gasteiger partial charge in [-0.3, -0.25) is 14.4 Å². The Morgan fingerprint density at radius 3 is 2.70 bits per heavy atom. The van der Waals surface area contributed by atoms with Gasteiger partial charge in [0, 0.05) is 10.1 Å². The van der Waals surface area contributed by atoms with E-state index >= 15 is 0 Å². The quantitative estimate of drug-likeness (QED) is 0.786. The van der Waals surface area contributed by atoms with Crippen LogP contribution in [0, 0.1) is 6.92 Å². The Labute approximate surface area is 117 Å². The maximum absolute atomic E-state index is 12.2. The van der Waals surface area contributed by atoms with Crippen molar-refractivity contribution < 1.29 is 19.8 Å². The molecule has 0 fully saturated rings. The SMILES string of the molecule is Cc1ccc2c(=O)c(C(=O)NCC(=O)O)c(O)sc2c1. The van der Waals surface area contributed by atoms with E-state index in [0.717, 1.165) is 16.9 Å². The second-order valence-corrected chi connectivity index (χ2v) is 5.22. The molecule has 0 saturated carbocycles. The molecule has 0 radical (unpaired) electrons. The van der Waals surface area contributed by atoms with Crippen LogP contribution in [0.5, 0.6) is 5.06 Å². The van der Waals surface area contributed by atoms with E-state index in [-0.39, 0.29) is 0 Å². The largest absolute Gasteiger partial charge is 0.499 e. The number of benzene rings is 1. The lowest BCUT2D eigenvalue weighted by Crippen LogP contribution is -2.32. The molecule has 1 aromatic carbocycles. The highest BCUT2D eigenvalue weighted by atomic mass is 32.1. The predicted octanol–water partition coefficient (Wildman–Crippen LogP) is 1.09. The van der Waals surface area contributed by atoms with E-state index in [2.05, 4.69) is 5.32 Å². The monoisotopic (exact) mass is 293 g/mol. The molecule has 1 amide bonds. The van der Waals surface area contributed by atoms with Crippen LogP contribution in [-0.2, 0) is 4.79 Å². The molecular weight excluding hydrogens is 282 g/mol. The van der Waals surface area contributed by atoms with Gasteiger partial charge in [-0.15, -0.1) is 0 Å². The molecule has 20 heavy (non-hydrogen) atoms. The van der Waals surface area contributed by atoms with Gasteiger partial charge < -0.3 is 15.5 Å². The summed E-state index contributed by atoms with van der Waals surface area (Å²) in [5, 5.41) is 20.3. The summed E-state index contributed by atoms with van der Waals surface area (Å²) in [5.74, 6) is -2.13. The number of rotatable bonds is 3. The summed E-state index contributed by atoms with van der Waals surface area (Å²) >= 11 is 0.907. The zero-order chi connectivity index (χ0) is 14.9. The van der Waals surface area contributed by atoms with Crippen molar-refractivity contribution in [2.24, 2.45) is 0 Å². The van der Waals surface area contributed by atoms with Crippen LogP contribution in [0.3, 0.4) is 0 Å². The zero-order valence-corrected chi connectivity index (χ0v) is 11.3. The number of hydrogen-bond donors (Lipinski definition) is 3. The average molecular weight is 293 g/mol. The van der Waals surface area contributed by atoms with Crippen LogP contribution in [0.25, 0.3) is 10.1 Å². The van der Waals surface area contributed by atoms with Crippen LogP contribution >= 0.6 is 11.3 Å². The molecule has 0 aliphatic heterocycles. The molecule has 0 bridgehead atoms. The lowest BCUT2D eigenvalue weighted by atomic mass is 10.1. The molecule has 3 N–H and O–H groups in total. The van der Waals surface area contributed by atoms with Crippen molar-refractivity contribution in [2.75, 3.05) is 6.54 Å². The van der Waals surface area contributed by atoms with Crippen LogP contribution in [0.4, 0.5) is 0 Å². The summed E-state index contributed by atoms with van der Waals surface area (Å²) in [7, 11) is 0. The van der Waals surface area contributed by atoms with Gasteiger partial charge in [0.2, 0.25) is 5.43 Å². The van der Waals surface area contributed by atoms with Crippen LogP contribution < -0.4 is 10.7 Å². The first-order valence-corrected chi connectivity index (χ1v) is 6.48. The van der Waals surface area contributed by atoms with Crippen LogP contribution in [0.1, 0.15) is 15.9 Å². The van der Waals surface area contributed by atoms with E-state index in [4.69, 9.17) is 5.11 Å². The Kier molecular flexibility index (Phi) is 3.71. The standard InChI is InChI=1S/C13H11NO5S/c1-6-2-3-7-8(4-6)20-13(19)10(11(7)17)12(18)14-5-9(15)16/h2-4,19H,5H2,1H3,(H,14,18)(H,15,16). The van der Waals surface area contributed by atoms with Crippen molar-refractivity contribution in [3.05, 3.63) is 39.5 Å². The Morgan fingerprint density at radius 2 is 2.05 bits per heavy atom. The number of amides is 1. The number of fused-ring (bicyclic) bond motifs is 1. The summed E-state index contributed by atoms with van der Waals surface area (Å²) in [5.41, 5.74) is -0.109. The summed E-state index contributed by atoms with van der Waals surface area (Å²) in [6, 6.07) is 5.05. The molecule has 1 aromatic heterocycles. The van der Waals surface area contributed by atoms with E-state index in [9.17, 15) is 19.5 Å². The maximum atomic E-state index is 12.2. The summed E-state index contributed by atoms with van der Waals surface area (Å²) < 4.78 is 0.572.